The Hall–Kier alpha value is -0.730. The van der Waals surface area contributed by atoms with Crippen molar-refractivity contribution >= 4 is 17.3 Å². The van der Waals surface area contributed by atoms with E-state index in [1.165, 1.54) is 37.1 Å². The zero-order valence-electron chi connectivity index (χ0n) is 12.7. The van der Waals surface area contributed by atoms with E-state index in [0.717, 1.165) is 30.3 Å². The van der Waals surface area contributed by atoms with Crippen molar-refractivity contribution in [3.63, 3.8) is 0 Å². The van der Waals surface area contributed by atoms with E-state index in [1.54, 1.807) is 0 Å². The second-order valence-electron chi connectivity index (χ2n) is 6.04. The van der Waals surface area contributed by atoms with Gasteiger partial charge in [0.1, 0.15) is 0 Å². The predicted octanol–water partition coefficient (Wildman–Crippen LogP) is 4.25. The lowest BCUT2D eigenvalue weighted by Gasteiger charge is -2.20. The minimum absolute atomic E-state index is 0.207. The average Bonchev–Trinajstić information content (AvgIpc) is 2.90. The number of halogens is 1. The molecule has 0 amide bonds. The van der Waals surface area contributed by atoms with Crippen molar-refractivity contribution in [1.82, 2.24) is 0 Å². The van der Waals surface area contributed by atoms with Crippen molar-refractivity contribution in [3.05, 3.63) is 28.8 Å². The Balaban J connectivity index is 2.02. The molecular formula is C17H27ClN2. The number of nitrogens with two attached hydrogens (primary N) is 1. The molecular weight excluding hydrogens is 268 g/mol. The van der Waals surface area contributed by atoms with Crippen molar-refractivity contribution in [2.75, 3.05) is 18.0 Å². The third-order valence-corrected chi connectivity index (χ3v) is 4.74. The van der Waals surface area contributed by atoms with Crippen LogP contribution in [0.1, 0.15) is 45.1 Å². The topological polar surface area (TPSA) is 29.3 Å². The van der Waals surface area contributed by atoms with Gasteiger partial charge < -0.3 is 10.6 Å². The van der Waals surface area contributed by atoms with Crippen LogP contribution in [0.5, 0.6) is 0 Å². The lowest BCUT2D eigenvalue weighted by molar-refractivity contribution is 0.530. The molecule has 0 radical (unpaired) electrons. The Morgan fingerprint density at radius 3 is 2.85 bits per heavy atom. The Bertz CT molecular complexity index is 433. The highest BCUT2D eigenvalue weighted by molar-refractivity contribution is 6.31. The van der Waals surface area contributed by atoms with Gasteiger partial charge in [-0.15, -0.1) is 0 Å². The maximum Gasteiger partial charge on any atom is 0.0459 e. The van der Waals surface area contributed by atoms with Gasteiger partial charge in [-0.2, -0.15) is 0 Å². The molecule has 0 spiro atoms. The minimum Gasteiger partial charge on any atom is -0.371 e. The van der Waals surface area contributed by atoms with Crippen LogP contribution in [0.2, 0.25) is 5.02 Å². The van der Waals surface area contributed by atoms with E-state index in [-0.39, 0.29) is 6.04 Å². The monoisotopic (exact) mass is 294 g/mol. The second kappa shape index (κ2) is 7.33. The van der Waals surface area contributed by atoms with Gasteiger partial charge in [0.15, 0.2) is 0 Å². The fourth-order valence-corrected chi connectivity index (χ4v) is 3.29. The summed E-state index contributed by atoms with van der Waals surface area (Å²) in [6, 6.07) is 6.69. The van der Waals surface area contributed by atoms with Gasteiger partial charge in [-0.05, 0) is 49.3 Å². The average molecular weight is 295 g/mol. The number of benzene rings is 1. The number of anilines is 1. The molecule has 0 aliphatic carbocycles. The summed E-state index contributed by atoms with van der Waals surface area (Å²) in [5, 5.41) is 0.866. The molecule has 2 N–H and O–H groups in total. The highest BCUT2D eigenvalue weighted by Gasteiger charge is 2.22. The molecule has 0 saturated carbocycles. The Morgan fingerprint density at radius 1 is 1.40 bits per heavy atom. The predicted molar refractivity (Wildman–Crippen MR) is 88.7 cm³/mol. The first-order valence-electron chi connectivity index (χ1n) is 7.93. The molecule has 1 heterocycles. The molecule has 2 nitrogen and oxygen atoms in total. The van der Waals surface area contributed by atoms with Gasteiger partial charge in [0, 0.05) is 29.8 Å². The second-order valence-corrected chi connectivity index (χ2v) is 6.44. The van der Waals surface area contributed by atoms with Crippen LogP contribution in [0, 0.1) is 5.92 Å². The maximum absolute atomic E-state index is 6.42. The lowest BCUT2D eigenvalue weighted by Crippen LogP contribution is -2.22. The van der Waals surface area contributed by atoms with E-state index in [2.05, 4.69) is 36.9 Å². The van der Waals surface area contributed by atoms with Gasteiger partial charge in [-0.1, -0.05) is 37.9 Å². The molecule has 0 bridgehead atoms. The molecule has 0 aromatic heterocycles. The first-order chi connectivity index (χ1) is 9.63. The molecule has 2 unspecified atom stereocenters. The van der Waals surface area contributed by atoms with Crippen LogP contribution in [0.4, 0.5) is 5.69 Å². The summed E-state index contributed by atoms with van der Waals surface area (Å²) in [4.78, 5) is 2.47. The smallest absolute Gasteiger partial charge is 0.0459 e. The molecule has 1 saturated heterocycles. The third-order valence-electron chi connectivity index (χ3n) is 4.39. The molecule has 1 fully saturated rings. The molecule has 1 aliphatic heterocycles. The molecule has 20 heavy (non-hydrogen) atoms. The number of hydrogen-bond donors (Lipinski definition) is 1. The van der Waals surface area contributed by atoms with Crippen LogP contribution >= 0.6 is 11.6 Å². The van der Waals surface area contributed by atoms with Gasteiger partial charge in [0.2, 0.25) is 0 Å². The van der Waals surface area contributed by atoms with E-state index in [1.807, 2.05) is 0 Å². The van der Waals surface area contributed by atoms with Crippen molar-refractivity contribution in [3.8, 4) is 0 Å². The van der Waals surface area contributed by atoms with E-state index < -0.39 is 0 Å². The van der Waals surface area contributed by atoms with Crippen molar-refractivity contribution in [2.24, 2.45) is 11.7 Å². The molecule has 1 aromatic carbocycles. The van der Waals surface area contributed by atoms with Crippen molar-refractivity contribution < 1.29 is 0 Å². The fraction of sp³-hybridized carbons (Fsp3) is 0.647. The lowest BCUT2D eigenvalue weighted by atomic mass is 10.0. The maximum atomic E-state index is 6.42. The van der Waals surface area contributed by atoms with Gasteiger partial charge in [-0.3, -0.25) is 0 Å². The van der Waals surface area contributed by atoms with Crippen molar-refractivity contribution in [1.29, 1.82) is 0 Å². The van der Waals surface area contributed by atoms with Crippen LogP contribution in [0.25, 0.3) is 0 Å². The van der Waals surface area contributed by atoms with Gasteiger partial charge in [0.25, 0.3) is 0 Å². The van der Waals surface area contributed by atoms with Crippen molar-refractivity contribution in [2.45, 2.75) is 52.0 Å². The fourth-order valence-electron chi connectivity index (χ4n) is 3.04. The SMILES string of the molecule is CCCC1CCN(c2ccc(CC(N)CC)c(Cl)c2)C1. The van der Waals surface area contributed by atoms with Crippen LogP contribution in [0.3, 0.4) is 0 Å². The molecule has 2 atom stereocenters. The number of rotatable bonds is 6. The molecule has 1 aliphatic rings. The van der Waals surface area contributed by atoms with Gasteiger partial charge in [-0.25, -0.2) is 0 Å². The van der Waals surface area contributed by atoms with E-state index >= 15 is 0 Å². The first-order valence-corrected chi connectivity index (χ1v) is 8.30. The van der Waals surface area contributed by atoms with Crippen LogP contribution in [-0.4, -0.2) is 19.1 Å². The highest BCUT2D eigenvalue weighted by Crippen LogP contribution is 2.30. The highest BCUT2D eigenvalue weighted by atomic mass is 35.5. The van der Waals surface area contributed by atoms with E-state index in [9.17, 15) is 0 Å². The molecule has 1 aromatic rings. The summed E-state index contributed by atoms with van der Waals surface area (Å²) in [5.74, 6) is 0.854. The number of hydrogen-bond acceptors (Lipinski definition) is 2. The summed E-state index contributed by atoms with van der Waals surface area (Å²) in [6.45, 7) is 6.73. The summed E-state index contributed by atoms with van der Waals surface area (Å²) < 4.78 is 0. The summed E-state index contributed by atoms with van der Waals surface area (Å²) in [5.41, 5.74) is 8.46. The molecule has 2 rings (SSSR count). The van der Waals surface area contributed by atoms with Gasteiger partial charge >= 0.3 is 0 Å². The summed E-state index contributed by atoms with van der Waals surface area (Å²) in [6.07, 6.45) is 5.80. The van der Waals surface area contributed by atoms with E-state index in [4.69, 9.17) is 17.3 Å². The Labute approximate surface area is 128 Å². The standard InChI is InChI=1S/C17H27ClN2/c1-3-5-13-8-9-20(12-13)16-7-6-14(17(18)11-16)10-15(19)4-2/h6-7,11,13,15H,3-5,8-10,12,19H2,1-2H3. The minimum atomic E-state index is 0.207. The van der Waals surface area contributed by atoms with Crippen LogP contribution in [0.15, 0.2) is 18.2 Å². The first kappa shape index (κ1) is 15.7. The zero-order valence-corrected chi connectivity index (χ0v) is 13.5. The zero-order chi connectivity index (χ0) is 14.5. The summed E-state index contributed by atoms with van der Waals surface area (Å²) >= 11 is 6.42. The quantitative estimate of drug-likeness (QED) is 0.850. The molecule has 3 heteroatoms. The van der Waals surface area contributed by atoms with Crippen LogP contribution in [-0.2, 0) is 6.42 Å². The molecule has 112 valence electrons. The Kier molecular flexibility index (Phi) is 5.74. The largest absolute Gasteiger partial charge is 0.371 e. The third kappa shape index (κ3) is 3.89. The van der Waals surface area contributed by atoms with E-state index in [0.29, 0.717) is 0 Å². The van der Waals surface area contributed by atoms with Crippen LogP contribution < -0.4 is 10.6 Å². The normalized spacial score (nSPS) is 20.4. The summed E-state index contributed by atoms with van der Waals surface area (Å²) in [7, 11) is 0. The Morgan fingerprint density at radius 2 is 2.20 bits per heavy atom. The number of nitrogens with zero attached hydrogens (tertiary/aromatic N) is 1. The van der Waals surface area contributed by atoms with Gasteiger partial charge in [0.05, 0.1) is 0 Å².